The van der Waals surface area contributed by atoms with Crippen LogP contribution in [0.1, 0.15) is 66.4 Å². The van der Waals surface area contributed by atoms with Gasteiger partial charge < -0.3 is 19.3 Å². The zero-order valence-corrected chi connectivity index (χ0v) is 18.9. The first-order valence-electron chi connectivity index (χ1n) is 11.3. The Morgan fingerprint density at radius 1 is 1.03 bits per heavy atom. The summed E-state index contributed by atoms with van der Waals surface area (Å²) in [5, 5.41) is 10.5. The van der Waals surface area contributed by atoms with Crippen molar-refractivity contribution in [3.63, 3.8) is 0 Å². The van der Waals surface area contributed by atoms with Gasteiger partial charge in [-0.2, -0.15) is 0 Å². The fraction of sp³-hybridized carbons (Fsp3) is 0.462. The molecule has 6 nitrogen and oxygen atoms in total. The molecule has 2 aromatic rings. The highest BCUT2D eigenvalue weighted by molar-refractivity contribution is 5.99. The number of carbonyl (C=O) groups excluding carboxylic acids is 2. The topological polar surface area (TPSA) is 82.1 Å². The van der Waals surface area contributed by atoms with Crippen LogP contribution in [0.25, 0.3) is 0 Å². The molecule has 1 fully saturated rings. The normalized spacial score (nSPS) is 13.7. The summed E-state index contributed by atoms with van der Waals surface area (Å²) in [6.07, 6.45) is 6.66. The molecule has 1 N–H and O–H groups in total. The number of ketones is 1. The van der Waals surface area contributed by atoms with Crippen LogP contribution in [-0.2, 0) is 4.79 Å². The van der Waals surface area contributed by atoms with E-state index in [1.54, 1.807) is 31.2 Å². The summed E-state index contributed by atoms with van der Waals surface area (Å²) in [4.78, 5) is 23.1. The highest BCUT2D eigenvalue weighted by atomic mass is 16.5. The molecule has 1 aliphatic rings. The minimum atomic E-state index is 0.0131. The molecule has 172 valence electrons. The maximum Gasteiger partial charge on any atom is 0.298 e. The third-order valence-corrected chi connectivity index (χ3v) is 6.03. The Labute approximate surface area is 189 Å². The molecular weight excluding hydrogens is 408 g/mol. The third-order valence-electron chi connectivity index (χ3n) is 6.03. The molecule has 0 atom stereocenters. The SMILES string of the molecule is Cc1ccc(OC=O)cc1OCCCCOc1ccc(C(=O)CC2CCCC2)c(O)c1C. The van der Waals surface area contributed by atoms with Gasteiger partial charge in [0, 0.05) is 18.1 Å². The Balaban J connectivity index is 1.44. The molecule has 0 unspecified atom stereocenters. The molecule has 3 rings (SSSR count). The standard InChI is InChI=1S/C26H32O6/c1-18-9-10-21(32-17-27)16-25(18)31-14-6-5-13-30-24-12-11-22(26(29)19(24)2)23(28)15-20-7-3-4-8-20/h9-12,16-17,20,29H,3-8,13-15H2,1-2H3. The fourth-order valence-electron chi connectivity index (χ4n) is 4.08. The second kappa shape index (κ2) is 11.6. The largest absolute Gasteiger partial charge is 0.507 e. The van der Waals surface area contributed by atoms with Gasteiger partial charge in [-0.3, -0.25) is 9.59 Å². The molecule has 0 heterocycles. The van der Waals surface area contributed by atoms with Gasteiger partial charge in [0.2, 0.25) is 0 Å². The first kappa shape index (κ1) is 23.6. The lowest BCUT2D eigenvalue weighted by molar-refractivity contribution is -0.120. The summed E-state index contributed by atoms with van der Waals surface area (Å²) in [6, 6.07) is 8.71. The Morgan fingerprint density at radius 3 is 2.41 bits per heavy atom. The number of phenols is 1. The number of phenolic OH excluding ortho intramolecular Hbond substituents is 1. The van der Waals surface area contributed by atoms with Crippen LogP contribution < -0.4 is 14.2 Å². The molecule has 0 bridgehead atoms. The smallest absolute Gasteiger partial charge is 0.298 e. The van der Waals surface area contributed by atoms with Crippen LogP contribution in [-0.4, -0.2) is 30.6 Å². The molecule has 0 aliphatic heterocycles. The number of ether oxygens (including phenoxy) is 3. The van der Waals surface area contributed by atoms with Gasteiger partial charge in [0.05, 0.1) is 18.8 Å². The van der Waals surface area contributed by atoms with Gasteiger partial charge in [-0.1, -0.05) is 31.7 Å². The molecular formula is C26H32O6. The van der Waals surface area contributed by atoms with Gasteiger partial charge in [-0.05, 0) is 56.4 Å². The van der Waals surface area contributed by atoms with Crippen molar-refractivity contribution < 1.29 is 28.9 Å². The van der Waals surface area contributed by atoms with E-state index in [4.69, 9.17) is 14.2 Å². The monoisotopic (exact) mass is 440 g/mol. The molecule has 1 aliphatic carbocycles. The quantitative estimate of drug-likeness (QED) is 0.265. The molecule has 0 amide bonds. The summed E-state index contributed by atoms with van der Waals surface area (Å²) >= 11 is 0. The number of Topliss-reactive ketones (excluding diaryl/α,β-unsaturated/α-hetero) is 1. The molecule has 0 saturated heterocycles. The minimum absolute atomic E-state index is 0.0131. The number of carbonyl (C=O) groups is 2. The van der Waals surface area contributed by atoms with E-state index >= 15 is 0 Å². The van der Waals surface area contributed by atoms with Crippen LogP contribution >= 0.6 is 0 Å². The average Bonchev–Trinajstić information content (AvgIpc) is 3.28. The molecule has 1 saturated carbocycles. The van der Waals surface area contributed by atoms with Crippen molar-refractivity contribution in [2.24, 2.45) is 5.92 Å². The zero-order chi connectivity index (χ0) is 22.9. The first-order valence-corrected chi connectivity index (χ1v) is 11.3. The van der Waals surface area contributed by atoms with Crippen molar-refractivity contribution in [1.82, 2.24) is 0 Å². The second-order valence-corrected chi connectivity index (χ2v) is 8.41. The third kappa shape index (κ3) is 6.25. The summed E-state index contributed by atoms with van der Waals surface area (Å²) in [7, 11) is 0. The maximum atomic E-state index is 12.6. The van der Waals surface area contributed by atoms with Crippen molar-refractivity contribution in [3.05, 3.63) is 47.0 Å². The van der Waals surface area contributed by atoms with Crippen LogP contribution in [0, 0.1) is 19.8 Å². The molecule has 0 spiro atoms. The predicted octanol–water partition coefficient (Wildman–Crippen LogP) is 5.55. The summed E-state index contributed by atoms with van der Waals surface area (Å²) in [5.74, 6) is 2.22. The molecule has 32 heavy (non-hydrogen) atoms. The van der Waals surface area contributed by atoms with Crippen molar-refractivity contribution >= 4 is 12.3 Å². The molecule has 6 heteroatoms. The van der Waals surface area contributed by atoms with E-state index in [-0.39, 0.29) is 11.5 Å². The number of aryl methyl sites for hydroxylation is 1. The van der Waals surface area contributed by atoms with Gasteiger partial charge in [-0.15, -0.1) is 0 Å². The number of benzene rings is 2. The van der Waals surface area contributed by atoms with Crippen molar-refractivity contribution in [3.8, 4) is 23.0 Å². The van der Waals surface area contributed by atoms with Gasteiger partial charge in [0.15, 0.2) is 5.78 Å². The van der Waals surface area contributed by atoms with Gasteiger partial charge in [-0.25, -0.2) is 0 Å². The van der Waals surface area contributed by atoms with Gasteiger partial charge >= 0.3 is 0 Å². The lowest BCUT2D eigenvalue weighted by Gasteiger charge is -2.14. The van der Waals surface area contributed by atoms with Gasteiger partial charge in [0.1, 0.15) is 23.0 Å². The van der Waals surface area contributed by atoms with Crippen LogP contribution in [0.15, 0.2) is 30.3 Å². The number of hydrogen-bond donors (Lipinski definition) is 1. The van der Waals surface area contributed by atoms with Gasteiger partial charge in [0.25, 0.3) is 6.47 Å². The Bertz CT molecular complexity index is 930. The maximum absolute atomic E-state index is 12.6. The first-order chi connectivity index (χ1) is 15.5. The van der Waals surface area contributed by atoms with Crippen LogP contribution in [0.5, 0.6) is 23.0 Å². The molecule has 2 aromatic carbocycles. The van der Waals surface area contributed by atoms with Crippen LogP contribution in [0.2, 0.25) is 0 Å². The summed E-state index contributed by atoms with van der Waals surface area (Å²) in [6.45, 7) is 5.08. The zero-order valence-electron chi connectivity index (χ0n) is 18.9. The van der Waals surface area contributed by atoms with E-state index in [2.05, 4.69) is 0 Å². The minimum Gasteiger partial charge on any atom is -0.507 e. The predicted molar refractivity (Wildman–Crippen MR) is 122 cm³/mol. The van der Waals surface area contributed by atoms with Crippen molar-refractivity contribution in [1.29, 1.82) is 0 Å². The lowest BCUT2D eigenvalue weighted by atomic mass is 9.95. The number of unbranched alkanes of at least 4 members (excludes halogenated alkanes) is 1. The molecule has 0 aromatic heterocycles. The highest BCUT2D eigenvalue weighted by Crippen LogP contribution is 2.34. The highest BCUT2D eigenvalue weighted by Gasteiger charge is 2.22. The Morgan fingerprint density at radius 2 is 1.72 bits per heavy atom. The van der Waals surface area contributed by atoms with Crippen molar-refractivity contribution in [2.75, 3.05) is 13.2 Å². The van der Waals surface area contributed by atoms with E-state index in [1.807, 2.05) is 13.0 Å². The number of hydrogen-bond acceptors (Lipinski definition) is 6. The number of rotatable bonds is 12. The Hall–Kier alpha value is -3.02. The lowest BCUT2D eigenvalue weighted by Crippen LogP contribution is -2.08. The average molecular weight is 441 g/mol. The van der Waals surface area contributed by atoms with Crippen LogP contribution in [0.3, 0.4) is 0 Å². The second-order valence-electron chi connectivity index (χ2n) is 8.41. The van der Waals surface area contributed by atoms with E-state index in [0.29, 0.717) is 60.4 Å². The van der Waals surface area contributed by atoms with Crippen LogP contribution in [0.4, 0.5) is 0 Å². The van der Waals surface area contributed by atoms with E-state index in [9.17, 15) is 14.7 Å². The summed E-state index contributed by atoms with van der Waals surface area (Å²) < 4.78 is 16.5. The van der Waals surface area contributed by atoms with E-state index in [0.717, 1.165) is 31.2 Å². The van der Waals surface area contributed by atoms with E-state index < -0.39 is 0 Å². The Kier molecular flexibility index (Phi) is 8.54. The number of aromatic hydroxyl groups is 1. The van der Waals surface area contributed by atoms with Crippen molar-refractivity contribution in [2.45, 2.75) is 58.8 Å². The summed E-state index contributed by atoms with van der Waals surface area (Å²) in [5.41, 5.74) is 1.96. The molecule has 0 radical (unpaired) electrons. The van der Waals surface area contributed by atoms with E-state index in [1.165, 1.54) is 12.8 Å². The fourth-order valence-corrected chi connectivity index (χ4v) is 4.08.